The van der Waals surface area contributed by atoms with Gasteiger partial charge in [0.25, 0.3) is 0 Å². The van der Waals surface area contributed by atoms with Gasteiger partial charge in [0.1, 0.15) is 0 Å². The largest absolute Gasteiger partial charge is 0.472 e. The number of allylic oxidation sites excluding steroid dienone is 15. The zero-order valence-corrected chi connectivity index (χ0v) is 39.1. The lowest BCUT2D eigenvalue weighted by Gasteiger charge is -2.23. The minimum atomic E-state index is -4.37. The van der Waals surface area contributed by atoms with Crippen molar-refractivity contribution >= 4 is 13.7 Å². The maximum atomic E-state index is 12.8. The number of aliphatic hydroxyl groups is 1. The molecule has 5 N–H and O–H groups in total. The molecule has 0 aromatic rings. The van der Waals surface area contributed by atoms with Gasteiger partial charge < -0.3 is 21.1 Å². The molecule has 0 saturated carbocycles. The molecule has 0 bridgehead atoms. The molecule has 3 unspecified atom stereocenters. The predicted octanol–water partition coefficient (Wildman–Crippen LogP) is 13.9. The van der Waals surface area contributed by atoms with E-state index in [2.05, 4.69) is 104 Å². The summed E-state index contributed by atoms with van der Waals surface area (Å²) in [5.74, 6) is -0.249. The summed E-state index contributed by atoms with van der Waals surface area (Å²) in [4.78, 5) is 22.7. The molecule has 0 aliphatic rings. The first-order chi connectivity index (χ1) is 29.4. The maximum Gasteiger partial charge on any atom is 0.472 e. The summed E-state index contributed by atoms with van der Waals surface area (Å²) in [6, 6.07) is -0.907. The molecule has 1 amide bonds. The third kappa shape index (κ3) is 43.5. The smallest absolute Gasteiger partial charge is 0.387 e. The van der Waals surface area contributed by atoms with Gasteiger partial charge in [0.15, 0.2) is 0 Å². The molecule has 8 nitrogen and oxygen atoms in total. The highest BCUT2D eigenvalue weighted by Gasteiger charge is 2.26. The lowest BCUT2D eigenvalue weighted by Crippen LogP contribution is -2.45. The van der Waals surface area contributed by atoms with E-state index in [4.69, 9.17) is 14.8 Å². The van der Waals surface area contributed by atoms with E-state index in [1.165, 1.54) is 89.9 Å². The second-order valence-electron chi connectivity index (χ2n) is 15.6. The Morgan fingerprint density at radius 2 is 0.983 bits per heavy atom. The van der Waals surface area contributed by atoms with E-state index in [-0.39, 0.29) is 32.1 Å². The number of carbonyl (C=O) groups excluding carboxylic acids is 1. The van der Waals surface area contributed by atoms with E-state index in [0.29, 0.717) is 6.42 Å². The molecule has 0 radical (unpaired) electrons. The van der Waals surface area contributed by atoms with Crippen molar-refractivity contribution in [2.75, 3.05) is 19.8 Å². The number of phosphoric ester groups is 1. The van der Waals surface area contributed by atoms with Crippen molar-refractivity contribution in [3.05, 3.63) is 97.2 Å². The molecule has 0 aromatic heterocycles. The van der Waals surface area contributed by atoms with E-state index >= 15 is 0 Å². The fourth-order valence-corrected chi connectivity index (χ4v) is 7.09. The van der Waals surface area contributed by atoms with Crippen molar-refractivity contribution in [1.29, 1.82) is 0 Å². The molecule has 0 rings (SSSR count). The normalized spacial score (nSPS) is 14.8. The molecule has 0 spiro atoms. The third-order valence-corrected chi connectivity index (χ3v) is 10.9. The van der Waals surface area contributed by atoms with E-state index < -0.39 is 20.0 Å². The minimum Gasteiger partial charge on any atom is -0.387 e. The molecule has 0 saturated heterocycles. The highest BCUT2D eigenvalue weighted by Crippen LogP contribution is 2.43. The summed E-state index contributed by atoms with van der Waals surface area (Å²) in [5, 5.41) is 13.7. The zero-order chi connectivity index (χ0) is 43.9. The van der Waals surface area contributed by atoms with Gasteiger partial charge in [-0.3, -0.25) is 13.8 Å². The minimum absolute atomic E-state index is 0.0614. The van der Waals surface area contributed by atoms with Gasteiger partial charge in [-0.15, -0.1) is 0 Å². The SMILES string of the molecule is CC/C=C\C/C=C\C/C=C\C/C=C\C/C=C\C/C=C\CCCCC(=O)NC(COP(=O)(O)OCCN)C(O)/C=C/CC/C=C/CCCCCCCCCCCCCCCC. The van der Waals surface area contributed by atoms with Gasteiger partial charge in [-0.05, 0) is 83.5 Å². The van der Waals surface area contributed by atoms with Crippen LogP contribution in [0.4, 0.5) is 0 Å². The van der Waals surface area contributed by atoms with Crippen molar-refractivity contribution < 1.29 is 28.4 Å². The molecule has 60 heavy (non-hydrogen) atoms. The Hall–Kier alpha value is -2.58. The summed E-state index contributed by atoms with van der Waals surface area (Å²) in [6.45, 7) is 3.96. The highest BCUT2D eigenvalue weighted by molar-refractivity contribution is 7.47. The number of hydrogen-bond acceptors (Lipinski definition) is 6. The van der Waals surface area contributed by atoms with Gasteiger partial charge in [-0.25, -0.2) is 4.57 Å². The van der Waals surface area contributed by atoms with Crippen LogP contribution in [0, 0.1) is 0 Å². The number of hydrogen-bond donors (Lipinski definition) is 4. The molecular formula is C51H89N2O6P. The molecule has 0 fully saturated rings. The third-order valence-electron chi connectivity index (χ3n) is 9.89. The lowest BCUT2D eigenvalue weighted by molar-refractivity contribution is -0.123. The molecular weight excluding hydrogens is 768 g/mol. The quantitative estimate of drug-likeness (QED) is 0.0273. The summed E-state index contributed by atoms with van der Waals surface area (Å²) >= 11 is 0. The lowest BCUT2D eigenvalue weighted by atomic mass is 10.0. The summed E-state index contributed by atoms with van der Waals surface area (Å²) in [5.41, 5.74) is 5.38. The van der Waals surface area contributed by atoms with Gasteiger partial charge in [0.05, 0.1) is 25.4 Å². The molecule has 0 aromatic carbocycles. The number of nitrogens with two attached hydrogens (primary N) is 1. The van der Waals surface area contributed by atoms with Crippen LogP contribution in [0.5, 0.6) is 0 Å². The Labute approximate surface area is 368 Å². The molecule has 0 aliphatic heterocycles. The highest BCUT2D eigenvalue weighted by atomic mass is 31.2. The van der Waals surface area contributed by atoms with Crippen LogP contribution in [-0.4, -0.2) is 47.8 Å². The van der Waals surface area contributed by atoms with Crippen LogP contribution in [0.1, 0.15) is 187 Å². The van der Waals surface area contributed by atoms with Crippen LogP contribution in [-0.2, 0) is 18.4 Å². The number of phosphoric acid groups is 1. The van der Waals surface area contributed by atoms with Gasteiger partial charge in [-0.2, -0.15) is 0 Å². The molecule has 3 atom stereocenters. The number of unbranched alkanes of at least 4 members (excludes halogenated alkanes) is 17. The Morgan fingerprint density at radius 3 is 1.48 bits per heavy atom. The summed E-state index contributed by atoms with van der Waals surface area (Å²) in [6.07, 6.45) is 63.3. The predicted molar refractivity (Wildman–Crippen MR) is 258 cm³/mol. The fraction of sp³-hybridized carbons (Fsp3) is 0.667. The second kappa shape index (κ2) is 45.9. The molecule has 9 heteroatoms. The van der Waals surface area contributed by atoms with Crippen molar-refractivity contribution in [2.24, 2.45) is 5.73 Å². The van der Waals surface area contributed by atoms with Crippen molar-refractivity contribution in [1.82, 2.24) is 5.32 Å². The van der Waals surface area contributed by atoms with Crippen LogP contribution in [0.3, 0.4) is 0 Å². The van der Waals surface area contributed by atoms with Crippen molar-refractivity contribution in [2.45, 2.75) is 199 Å². The van der Waals surface area contributed by atoms with E-state index in [1.54, 1.807) is 6.08 Å². The van der Waals surface area contributed by atoms with E-state index in [9.17, 15) is 19.4 Å². The Balaban J connectivity index is 4.32. The molecule has 0 aliphatic carbocycles. The topological polar surface area (TPSA) is 131 Å². The van der Waals surface area contributed by atoms with Crippen LogP contribution >= 0.6 is 7.82 Å². The Morgan fingerprint density at radius 1 is 0.567 bits per heavy atom. The average molecular weight is 857 g/mol. The monoisotopic (exact) mass is 857 g/mol. The van der Waals surface area contributed by atoms with E-state index in [1.807, 2.05) is 6.08 Å². The number of rotatable bonds is 43. The number of aliphatic hydroxyl groups excluding tert-OH is 1. The first kappa shape index (κ1) is 57.4. The Bertz CT molecular complexity index is 1250. The van der Waals surface area contributed by atoms with Crippen LogP contribution < -0.4 is 11.1 Å². The van der Waals surface area contributed by atoms with Gasteiger partial charge in [0, 0.05) is 13.0 Å². The summed E-state index contributed by atoms with van der Waals surface area (Å²) < 4.78 is 22.1. The number of carbonyl (C=O) groups is 1. The number of amides is 1. The summed E-state index contributed by atoms with van der Waals surface area (Å²) in [7, 11) is -4.37. The molecule has 344 valence electrons. The standard InChI is InChI=1S/C51H89N2O6P/c1-3-5-7-9-11-13-15-17-19-21-23-25-27-29-31-33-35-37-39-41-43-45-51(55)53-49(48-59-60(56,57)58-47-46-52)50(54)44-42-40-38-36-34-32-30-28-26-24-22-20-18-16-14-12-10-8-6-4-2/h5,7,11,13,17,19,23,25,29,31,34-37,42,44,49-50,54H,3-4,6,8-10,12,14-16,18,20-22,24,26-28,30,32-33,38-41,43,45-48,52H2,1-2H3,(H,53,55)(H,56,57)/b7-5-,13-11-,19-17-,25-23-,31-29-,36-34+,37-35-,44-42+. The fourth-order valence-electron chi connectivity index (χ4n) is 6.33. The van der Waals surface area contributed by atoms with Gasteiger partial charge in [-0.1, -0.05) is 195 Å². The second-order valence-corrected chi connectivity index (χ2v) is 17.0. The van der Waals surface area contributed by atoms with E-state index in [0.717, 1.165) is 70.6 Å². The number of nitrogens with one attached hydrogen (secondary N) is 1. The zero-order valence-electron chi connectivity index (χ0n) is 38.2. The van der Waals surface area contributed by atoms with Gasteiger partial charge >= 0.3 is 7.82 Å². The maximum absolute atomic E-state index is 12.8. The van der Waals surface area contributed by atoms with Crippen molar-refractivity contribution in [3.63, 3.8) is 0 Å². The first-order valence-corrected chi connectivity index (χ1v) is 25.4. The van der Waals surface area contributed by atoms with Crippen LogP contribution in [0.15, 0.2) is 97.2 Å². The average Bonchev–Trinajstić information content (AvgIpc) is 3.24. The van der Waals surface area contributed by atoms with Crippen LogP contribution in [0.25, 0.3) is 0 Å². The Kier molecular flexibility index (Phi) is 44.0. The first-order valence-electron chi connectivity index (χ1n) is 23.9. The molecule has 0 heterocycles. The van der Waals surface area contributed by atoms with Crippen molar-refractivity contribution in [3.8, 4) is 0 Å². The van der Waals surface area contributed by atoms with Gasteiger partial charge in [0.2, 0.25) is 5.91 Å². The van der Waals surface area contributed by atoms with Crippen LogP contribution in [0.2, 0.25) is 0 Å².